The molecule has 0 saturated heterocycles. The predicted octanol–water partition coefficient (Wildman–Crippen LogP) is 2.73. The normalized spacial score (nSPS) is 13.5. The summed E-state index contributed by atoms with van der Waals surface area (Å²) < 4.78 is 39.2. The Balaban J connectivity index is 2.56. The maximum absolute atomic E-state index is 13.1. The van der Waals surface area contributed by atoms with Gasteiger partial charge in [0.2, 0.25) is 0 Å². The zero-order valence-corrected chi connectivity index (χ0v) is 11.6. The van der Waals surface area contributed by atoms with Crippen LogP contribution in [0.3, 0.4) is 0 Å². The smallest absolute Gasteiger partial charge is 0.271 e. The Morgan fingerprint density at radius 2 is 2.05 bits per heavy atom. The minimum Gasteiger partial charge on any atom is -0.271 e. The Bertz CT molecular complexity index is 609. The Kier molecular flexibility index (Phi) is 4.07. The van der Waals surface area contributed by atoms with Crippen LogP contribution in [-0.2, 0) is 6.18 Å². The van der Waals surface area contributed by atoms with Gasteiger partial charge in [0, 0.05) is 18.0 Å². The first-order valence-corrected chi connectivity index (χ1v) is 6.57. The summed E-state index contributed by atoms with van der Waals surface area (Å²) in [5.41, 5.74) is 2.34. The van der Waals surface area contributed by atoms with E-state index in [2.05, 4.69) is 15.4 Å². The second kappa shape index (κ2) is 5.47. The van der Waals surface area contributed by atoms with Crippen LogP contribution in [0.2, 0.25) is 0 Å². The third-order valence-corrected chi connectivity index (χ3v) is 3.97. The zero-order valence-electron chi connectivity index (χ0n) is 10.8. The van der Waals surface area contributed by atoms with Gasteiger partial charge in [-0.15, -0.1) is 11.3 Å². The van der Waals surface area contributed by atoms with E-state index >= 15 is 0 Å². The number of aryl methyl sites for hydroxylation is 2. The van der Waals surface area contributed by atoms with E-state index in [4.69, 9.17) is 5.84 Å². The maximum atomic E-state index is 13.1. The highest BCUT2D eigenvalue weighted by Crippen LogP contribution is 2.37. The molecule has 2 aromatic rings. The van der Waals surface area contributed by atoms with E-state index in [1.165, 1.54) is 17.5 Å². The molecule has 1 atom stereocenters. The van der Waals surface area contributed by atoms with Crippen LogP contribution in [0.4, 0.5) is 13.2 Å². The van der Waals surface area contributed by atoms with Crippen molar-refractivity contribution >= 4 is 11.3 Å². The lowest BCUT2D eigenvalue weighted by molar-refractivity contribution is -0.138. The number of thiazole rings is 1. The summed E-state index contributed by atoms with van der Waals surface area (Å²) in [7, 11) is 0. The predicted molar refractivity (Wildman–Crippen MR) is 70.0 cm³/mol. The van der Waals surface area contributed by atoms with Gasteiger partial charge in [0.15, 0.2) is 0 Å². The monoisotopic (exact) mass is 302 g/mol. The van der Waals surface area contributed by atoms with Gasteiger partial charge in [0.1, 0.15) is 0 Å². The highest BCUT2D eigenvalue weighted by Gasteiger charge is 2.36. The number of alkyl halides is 3. The molecule has 2 aromatic heterocycles. The summed E-state index contributed by atoms with van der Waals surface area (Å²) >= 11 is 1.31. The SMILES string of the molecule is Cc1nc(C)c(C(NN)c2cnccc2C(F)(F)F)s1. The number of nitrogens with zero attached hydrogens (tertiary/aromatic N) is 2. The molecule has 108 valence electrons. The molecule has 0 radical (unpaired) electrons. The Labute approximate surface area is 117 Å². The summed E-state index contributed by atoms with van der Waals surface area (Å²) in [5, 5.41) is 0.773. The molecule has 3 N–H and O–H groups in total. The number of rotatable bonds is 3. The molecule has 0 saturated carbocycles. The summed E-state index contributed by atoms with van der Waals surface area (Å²) in [5.74, 6) is 5.46. The number of nitrogens with one attached hydrogen (secondary N) is 1. The third-order valence-electron chi connectivity index (χ3n) is 2.84. The number of nitrogens with two attached hydrogens (primary N) is 1. The molecule has 0 fully saturated rings. The quantitative estimate of drug-likeness (QED) is 0.676. The number of pyridine rings is 1. The van der Waals surface area contributed by atoms with E-state index < -0.39 is 17.8 Å². The van der Waals surface area contributed by atoms with Crippen molar-refractivity contribution in [3.05, 3.63) is 45.2 Å². The average molecular weight is 302 g/mol. The molecule has 0 spiro atoms. The molecule has 0 aliphatic carbocycles. The molecule has 0 amide bonds. The highest BCUT2D eigenvalue weighted by atomic mass is 32.1. The third kappa shape index (κ3) is 2.82. The molecule has 0 aliphatic heterocycles. The van der Waals surface area contributed by atoms with Gasteiger partial charge in [-0.3, -0.25) is 10.8 Å². The highest BCUT2D eigenvalue weighted by molar-refractivity contribution is 7.11. The van der Waals surface area contributed by atoms with E-state index in [-0.39, 0.29) is 5.56 Å². The van der Waals surface area contributed by atoms with Gasteiger partial charge in [0.25, 0.3) is 0 Å². The average Bonchev–Trinajstić information content (AvgIpc) is 2.69. The maximum Gasteiger partial charge on any atom is 0.416 e. The number of hydrogen-bond donors (Lipinski definition) is 2. The van der Waals surface area contributed by atoms with Crippen LogP contribution in [-0.4, -0.2) is 9.97 Å². The van der Waals surface area contributed by atoms with Crippen molar-refractivity contribution < 1.29 is 13.2 Å². The van der Waals surface area contributed by atoms with Gasteiger partial charge < -0.3 is 0 Å². The first-order valence-electron chi connectivity index (χ1n) is 5.75. The van der Waals surface area contributed by atoms with Crippen molar-refractivity contribution in [2.75, 3.05) is 0 Å². The number of aromatic nitrogens is 2. The van der Waals surface area contributed by atoms with E-state index in [1.807, 2.05) is 0 Å². The Hall–Kier alpha value is -1.51. The zero-order chi connectivity index (χ0) is 14.9. The summed E-state index contributed by atoms with van der Waals surface area (Å²) in [6.07, 6.45) is -2.16. The summed E-state index contributed by atoms with van der Waals surface area (Å²) in [6, 6.07) is 0.162. The van der Waals surface area contributed by atoms with E-state index in [1.54, 1.807) is 13.8 Å². The van der Waals surface area contributed by atoms with Crippen LogP contribution in [0.25, 0.3) is 0 Å². The van der Waals surface area contributed by atoms with Gasteiger partial charge >= 0.3 is 6.18 Å². The van der Waals surface area contributed by atoms with E-state index in [0.717, 1.165) is 17.3 Å². The Morgan fingerprint density at radius 3 is 2.55 bits per heavy atom. The molecule has 8 heteroatoms. The van der Waals surface area contributed by atoms with Gasteiger partial charge in [0.05, 0.1) is 27.2 Å². The minimum atomic E-state index is -4.46. The fourth-order valence-electron chi connectivity index (χ4n) is 2.02. The van der Waals surface area contributed by atoms with Crippen molar-refractivity contribution in [3.8, 4) is 0 Å². The largest absolute Gasteiger partial charge is 0.416 e. The van der Waals surface area contributed by atoms with Gasteiger partial charge in [-0.25, -0.2) is 10.4 Å². The van der Waals surface area contributed by atoms with E-state index in [0.29, 0.717) is 10.6 Å². The van der Waals surface area contributed by atoms with Crippen LogP contribution in [0, 0.1) is 13.8 Å². The molecule has 0 bridgehead atoms. The summed E-state index contributed by atoms with van der Waals surface area (Å²) in [4.78, 5) is 8.65. The van der Waals surface area contributed by atoms with Crippen molar-refractivity contribution in [1.82, 2.24) is 15.4 Å². The van der Waals surface area contributed by atoms with Crippen molar-refractivity contribution in [1.29, 1.82) is 0 Å². The molecule has 1 unspecified atom stereocenters. The van der Waals surface area contributed by atoms with Gasteiger partial charge in [-0.1, -0.05) is 0 Å². The molecule has 2 heterocycles. The fourth-order valence-corrected chi connectivity index (χ4v) is 3.02. The number of halogens is 3. The lowest BCUT2D eigenvalue weighted by Crippen LogP contribution is -2.30. The fraction of sp³-hybridized carbons (Fsp3) is 0.333. The van der Waals surface area contributed by atoms with Gasteiger partial charge in [-0.05, 0) is 19.9 Å². The lowest BCUT2D eigenvalue weighted by Gasteiger charge is -2.19. The summed E-state index contributed by atoms with van der Waals surface area (Å²) in [6.45, 7) is 3.54. The molecule has 4 nitrogen and oxygen atoms in total. The molecular formula is C12H13F3N4S. The van der Waals surface area contributed by atoms with Crippen molar-refractivity contribution in [3.63, 3.8) is 0 Å². The number of hydrazine groups is 1. The molecule has 0 aromatic carbocycles. The standard InChI is InChI=1S/C12H13F3N4S/c1-6-11(20-7(2)18-6)10(19-16)8-5-17-4-3-9(8)12(13,14)15/h3-5,10,19H,16H2,1-2H3. The minimum absolute atomic E-state index is 0.00532. The van der Waals surface area contributed by atoms with Crippen LogP contribution < -0.4 is 11.3 Å². The van der Waals surface area contributed by atoms with Crippen molar-refractivity contribution in [2.24, 2.45) is 5.84 Å². The van der Waals surface area contributed by atoms with Crippen LogP contribution in [0.15, 0.2) is 18.5 Å². The van der Waals surface area contributed by atoms with E-state index in [9.17, 15) is 13.2 Å². The first-order chi connectivity index (χ1) is 9.34. The molecule has 0 aliphatic rings. The lowest BCUT2D eigenvalue weighted by atomic mass is 10.0. The Morgan fingerprint density at radius 1 is 1.35 bits per heavy atom. The van der Waals surface area contributed by atoms with Crippen LogP contribution in [0.1, 0.15) is 32.7 Å². The van der Waals surface area contributed by atoms with Gasteiger partial charge in [-0.2, -0.15) is 13.2 Å². The van der Waals surface area contributed by atoms with Crippen LogP contribution in [0.5, 0.6) is 0 Å². The second-order valence-corrected chi connectivity index (χ2v) is 5.48. The van der Waals surface area contributed by atoms with Crippen LogP contribution >= 0.6 is 11.3 Å². The number of hydrogen-bond acceptors (Lipinski definition) is 5. The molecule has 20 heavy (non-hydrogen) atoms. The molecular weight excluding hydrogens is 289 g/mol. The molecule has 2 rings (SSSR count). The first kappa shape index (κ1) is 14.9. The second-order valence-electron chi connectivity index (χ2n) is 4.24. The van der Waals surface area contributed by atoms with Crippen molar-refractivity contribution in [2.45, 2.75) is 26.1 Å². The topological polar surface area (TPSA) is 63.8 Å².